The normalized spacial score (nSPS) is 26.1. The minimum Gasteiger partial charge on any atom is -0.285 e. The number of thioether (sulfide) groups is 1. The van der Waals surface area contributed by atoms with E-state index in [1.54, 1.807) is 28.6 Å². The molecule has 2 saturated carbocycles. The second-order valence-electron chi connectivity index (χ2n) is 12.7. The molecule has 2 bridgehead atoms. The fourth-order valence-electron chi connectivity index (χ4n) is 6.77. The Hall–Kier alpha value is -0.940. The van der Waals surface area contributed by atoms with E-state index < -0.39 is 31.5 Å². The van der Waals surface area contributed by atoms with E-state index >= 15 is 0 Å². The van der Waals surface area contributed by atoms with Crippen molar-refractivity contribution in [2.24, 2.45) is 22.7 Å². The molecule has 2 aliphatic rings. The lowest BCUT2D eigenvalue weighted by atomic mass is 9.70. The lowest BCUT2D eigenvalue weighted by molar-refractivity contribution is -0.113. The van der Waals surface area contributed by atoms with E-state index in [2.05, 4.69) is 18.6 Å². The van der Waals surface area contributed by atoms with Gasteiger partial charge in [-0.3, -0.25) is 4.79 Å². The van der Waals surface area contributed by atoms with Crippen LogP contribution in [0, 0.1) is 29.6 Å². The average Bonchev–Trinajstić information content (AvgIpc) is 3.11. The van der Waals surface area contributed by atoms with Crippen LogP contribution >= 0.6 is 11.8 Å². The zero-order valence-corrected chi connectivity index (χ0v) is 26.8. The molecule has 2 aliphatic carbocycles. The maximum Gasteiger partial charge on any atom is 0.241 e. The second-order valence-corrected chi connectivity index (χ2v) is 17.5. The standard InChI is InChI=1S/C28H46N2O5S3/c1-18(2)25(29-38(34,35)23-12-10-21(7)11-13-23)26(31)36-24-16-22-14-15-28(24,27(22,8)9)17-37(32,33)30(19(3)4)20(5)6/h10-13,18-20,22,24-25,29H,14-17H2,1-9H3/t22-,24-,25+,28-/m1/s1. The molecule has 1 aromatic carbocycles. The molecule has 1 aromatic rings. The number of fused-ring (bicyclic) bond motifs is 2. The Morgan fingerprint density at radius 2 is 1.58 bits per heavy atom. The highest BCUT2D eigenvalue weighted by atomic mass is 32.2. The van der Waals surface area contributed by atoms with Crippen LogP contribution in [0.2, 0.25) is 0 Å². The molecule has 0 aliphatic heterocycles. The topological polar surface area (TPSA) is 101 Å². The van der Waals surface area contributed by atoms with Gasteiger partial charge in [-0.15, -0.1) is 0 Å². The van der Waals surface area contributed by atoms with E-state index in [0.29, 0.717) is 5.92 Å². The molecule has 38 heavy (non-hydrogen) atoms. The van der Waals surface area contributed by atoms with Crippen LogP contribution in [0.1, 0.15) is 80.2 Å². The lowest BCUT2D eigenvalue weighted by Crippen LogP contribution is -2.51. The summed E-state index contributed by atoms with van der Waals surface area (Å²) in [5.74, 6) is 0.0712. The predicted octanol–water partition coefficient (Wildman–Crippen LogP) is 5.20. The first-order chi connectivity index (χ1) is 17.4. The highest BCUT2D eigenvalue weighted by molar-refractivity contribution is 8.14. The summed E-state index contributed by atoms with van der Waals surface area (Å²) in [7, 11) is -7.49. The first kappa shape index (κ1) is 31.6. The minimum absolute atomic E-state index is 0.00620. The van der Waals surface area contributed by atoms with Crippen LogP contribution in [0.15, 0.2) is 29.2 Å². The fraction of sp³-hybridized carbons (Fsp3) is 0.750. The summed E-state index contributed by atoms with van der Waals surface area (Å²) >= 11 is 1.17. The zero-order valence-electron chi connectivity index (χ0n) is 24.3. The molecule has 0 saturated heterocycles. The Kier molecular flexibility index (Phi) is 9.27. The number of nitrogens with zero attached hydrogens (tertiary/aromatic N) is 1. The van der Waals surface area contributed by atoms with Crippen LogP contribution in [0.3, 0.4) is 0 Å². The Balaban J connectivity index is 1.90. The van der Waals surface area contributed by atoms with Crippen LogP contribution in [0.4, 0.5) is 0 Å². The highest BCUT2D eigenvalue weighted by Gasteiger charge is 2.66. The van der Waals surface area contributed by atoms with Crippen molar-refractivity contribution in [1.29, 1.82) is 0 Å². The SMILES string of the molecule is Cc1ccc(S(=O)(=O)N[C@H](C(=O)S[C@@H]2C[C@H]3CC[C@]2(CS(=O)(=O)N(C(C)C)C(C)C)C3(C)C)C(C)C)cc1. The Morgan fingerprint density at radius 1 is 1.03 bits per heavy atom. The van der Waals surface area contributed by atoms with Gasteiger partial charge in [-0.25, -0.2) is 16.8 Å². The van der Waals surface area contributed by atoms with Gasteiger partial charge in [0.25, 0.3) is 0 Å². The Labute approximate surface area is 235 Å². The molecule has 2 fully saturated rings. The van der Waals surface area contributed by atoms with Gasteiger partial charge in [0.2, 0.25) is 25.2 Å². The first-order valence-corrected chi connectivity index (χ1v) is 17.6. The van der Waals surface area contributed by atoms with Gasteiger partial charge in [0, 0.05) is 22.7 Å². The summed E-state index contributed by atoms with van der Waals surface area (Å²) in [6.45, 7) is 17.4. The Bertz CT molecular complexity index is 1220. The van der Waals surface area contributed by atoms with Crippen molar-refractivity contribution < 1.29 is 21.6 Å². The van der Waals surface area contributed by atoms with Gasteiger partial charge in [-0.1, -0.05) is 57.2 Å². The van der Waals surface area contributed by atoms with Crippen molar-refractivity contribution in [3.05, 3.63) is 29.8 Å². The van der Waals surface area contributed by atoms with Gasteiger partial charge in [0.05, 0.1) is 16.7 Å². The van der Waals surface area contributed by atoms with Crippen LogP contribution < -0.4 is 4.72 Å². The van der Waals surface area contributed by atoms with Crippen molar-refractivity contribution in [2.45, 2.75) is 110 Å². The number of hydrogen-bond donors (Lipinski definition) is 1. The molecule has 0 spiro atoms. The molecule has 0 amide bonds. The monoisotopic (exact) mass is 586 g/mol. The number of nitrogens with one attached hydrogen (secondary N) is 1. The van der Waals surface area contributed by atoms with Gasteiger partial charge in [-0.05, 0) is 83.3 Å². The molecular weight excluding hydrogens is 541 g/mol. The predicted molar refractivity (Wildman–Crippen MR) is 156 cm³/mol. The van der Waals surface area contributed by atoms with Crippen LogP contribution in [0.25, 0.3) is 0 Å². The number of benzene rings is 1. The van der Waals surface area contributed by atoms with E-state index in [0.717, 1.165) is 24.8 Å². The molecule has 7 nitrogen and oxygen atoms in total. The largest absolute Gasteiger partial charge is 0.285 e. The third-order valence-electron chi connectivity index (χ3n) is 8.93. The van der Waals surface area contributed by atoms with Crippen LogP contribution in [-0.2, 0) is 24.8 Å². The summed E-state index contributed by atoms with van der Waals surface area (Å²) in [6.07, 6.45) is 2.46. The molecule has 0 radical (unpaired) electrons. The highest BCUT2D eigenvalue weighted by Crippen LogP contribution is 2.69. The lowest BCUT2D eigenvalue weighted by Gasteiger charge is -2.44. The zero-order chi connectivity index (χ0) is 28.8. The third kappa shape index (κ3) is 5.90. The molecular formula is C28H46N2O5S3. The average molecular weight is 587 g/mol. The molecule has 216 valence electrons. The van der Waals surface area contributed by atoms with Crippen molar-refractivity contribution in [2.75, 3.05) is 5.75 Å². The van der Waals surface area contributed by atoms with Gasteiger partial charge >= 0.3 is 0 Å². The maximum absolute atomic E-state index is 13.8. The molecule has 10 heteroatoms. The van der Waals surface area contributed by atoms with Crippen molar-refractivity contribution >= 4 is 36.9 Å². The van der Waals surface area contributed by atoms with E-state index in [-0.39, 0.29) is 44.4 Å². The first-order valence-electron chi connectivity index (χ1n) is 13.7. The number of carbonyl (C=O) groups excluding carboxylic acids is 1. The molecule has 0 aromatic heterocycles. The maximum atomic E-state index is 13.8. The third-order valence-corrected chi connectivity index (χ3v) is 14.2. The van der Waals surface area contributed by atoms with Crippen LogP contribution in [0.5, 0.6) is 0 Å². The van der Waals surface area contributed by atoms with Crippen molar-refractivity contribution in [3.63, 3.8) is 0 Å². The van der Waals surface area contributed by atoms with Gasteiger partial charge in [0.1, 0.15) is 0 Å². The summed E-state index contributed by atoms with van der Waals surface area (Å²) in [6, 6.07) is 5.31. The quantitative estimate of drug-likeness (QED) is 0.383. The van der Waals surface area contributed by atoms with Gasteiger partial charge in [-0.2, -0.15) is 9.03 Å². The Morgan fingerprint density at radius 3 is 2.05 bits per heavy atom. The van der Waals surface area contributed by atoms with E-state index in [1.165, 1.54) is 11.8 Å². The molecule has 3 rings (SSSR count). The summed E-state index contributed by atoms with van der Waals surface area (Å²) in [5.41, 5.74) is 0.145. The number of rotatable bonds is 11. The summed E-state index contributed by atoms with van der Waals surface area (Å²) < 4.78 is 58.1. The number of carbonyl (C=O) groups is 1. The number of aryl methyl sites for hydroxylation is 1. The minimum atomic E-state index is -3.89. The summed E-state index contributed by atoms with van der Waals surface area (Å²) in [4.78, 5) is 13.8. The smallest absolute Gasteiger partial charge is 0.241 e. The van der Waals surface area contributed by atoms with Crippen molar-refractivity contribution in [3.8, 4) is 0 Å². The molecule has 4 atom stereocenters. The molecule has 1 N–H and O–H groups in total. The summed E-state index contributed by atoms with van der Waals surface area (Å²) in [5, 5.41) is -0.435. The van der Waals surface area contributed by atoms with E-state index in [9.17, 15) is 21.6 Å². The second kappa shape index (κ2) is 11.1. The van der Waals surface area contributed by atoms with Gasteiger partial charge < -0.3 is 0 Å². The van der Waals surface area contributed by atoms with Crippen molar-refractivity contribution in [1.82, 2.24) is 9.03 Å². The molecule has 0 unspecified atom stereocenters. The fourth-order valence-corrected chi connectivity index (χ4v) is 12.9. The van der Waals surface area contributed by atoms with Gasteiger partial charge in [0.15, 0.2) is 0 Å². The number of hydrogen-bond acceptors (Lipinski definition) is 6. The van der Waals surface area contributed by atoms with E-state index in [1.807, 2.05) is 48.5 Å². The number of sulfonamides is 2. The van der Waals surface area contributed by atoms with E-state index in [4.69, 9.17) is 0 Å². The molecule has 0 heterocycles. The van der Waals surface area contributed by atoms with Crippen LogP contribution in [-0.4, -0.2) is 55.4 Å².